The molecule has 0 aliphatic heterocycles. The Hall–Kier alpha value is -1.20. The van der Waals surface area contributed by atoms with Gasteiger partial charge < -0.3 is 9.30 Å². The number of aryl methyl sites for hydroxylation is 3. The zero-order chi connectivity index (χ0) is 14.4. The third kappa shape index (κ3) is 3.90. The molecule has 0 amide bonds. The van der Waals surface area contributed by atoms with Crippen molar-refractivity contribution in [2.45, 2.75) is 31.6 Å². The van der Waals surface area contributed by atoms with Crippen LogP contribution in [0.1, 0.15) is 22.8 Å². The van der Waals surface area contributed by atoms with Gasteiger partial charge >= 0.3 is 0 Å². The van der Waals surface area contributed by atoms with Crippen LogP contribution < -0.4 is 0 Å². The highest BCUT2D eigenvalue weighted by Crippen LogP contribution is 2.11. The fourth-order valence-electron chi connectivity index (χ4n) is 2.22. The summed E-state index contributed by atoms with van der Waals surface area (Å²) in [6.07, 6.45) is 1.88. The Labute approximate surface area is 128 Å². The van der Waals surface area contributed by atoms with Crippen molar-refractivity contribution in [3.8, 4) is 0 Å². The minimum absolute atomic E-state index is 0.676. The van der Waals surface area contributed by atoms with Crippen LogP contribution in [0.4, 0.5) is 0 Å². The number of methoxy groups -OCH3 is 1. The number of benzene rings is 1. The summed E-state index contributed by atoms with van der Waals surface area (Å²) in [5.41, 5.74) is 2.64. The Morgan fingerprint density at radius 3 is 2.70 bits per heavy atom. The van der Waals surface area contributed by atoms with E-state index in [9.17, 15) is 0 Å². The second kappa shape index (κ2) is 7.55. The van der Waals surface area contributed by atoms with Gasteiger partial charge in [-0.25, -0.2) is 0 Å². The van der Waals surface area contributed by atoms with E-state index in [0.717, 1.165) is 31.0 Å². The van der Waals surface area contributed by atoms with Gasteiger partial charge in [-0.05, 0) is 18.9 Å². The molecule has 0 aliphatic carbocycles. The van der Waals surface area contributed by atoms with Crippen LogP contribution in [-0.4, -0.2) is 28.5 Å². The first-order valence-electron chi connectivity index (χ1n) is 6.76. The normalized spacial score (nSPS) is 10.9. The summed E-state index contributed by atoms with van der Waals surface area (Å²) >= 11 is 3.45. The molecule has 1 heterocycles. The predicted octanol–water partition coefficient (Wildman–Crippen LogP) is 2.91. The first-order valence-corrected chi connectivity index (χ1v) is 7.88. The van der Waals surface area contributed by atoms with Crippen LogP contribution in [0.3, 0.4) is 0 Å². The molecule has 20 heavy (non-hydrogen) atoms. The summed E-state index contributed by atoms with van der Waals surface area (Å²) in [5.74, 6) is 1.99. The molecule has 0 saturated heterocycles. The number of ether oxygens (including phenoxy) is 1. The Bertz CT molecular complexity index is 554. The van der Waals surface area contributed by atoms with E-state index in [1.807, 2.05) is 0 Å². The standard InChI is InChI=1S/C15H20BrN3O/c1-12-4-3-5-13(10-12)6-7-14-17-18-15(11-16)19(14)8-9-20-2/h3-5,10H,6-9,11H2,1-2H3. The van der Waals surface area contributed by atoms with Crippen LogP contribution in [0, 0.1) is 6.92 Å². The molecule has 1 aromatic heterocycles. The third-order valence-corrected chi connectivity index (χ3v) is 3.76. The molecule has 4 nitrogen and oxygen atoms in total. The molecule has 0 fully saturated rings. The number of hydrogen-bond donors (Lipinski definition) is 0. The SMILES string of the molecule is COCCn1c(CBr)nnc1CCc1cccc(C)c1. The summed E-state index contributed by atoms with van der Waals surface area (Å²) in [7, 11) is 1.71. The van der Waals surface area contributed by atoms with Crippen molar-refractivity contribution < 1.29 is 4.74 Å². The number of aromatic nitrogens is 3. The van der Waals surface area contributed by atoms with Gasteiger partial charge in [0, 0.05) is 20.1 Å². The van der Waals surface area contributed by atoms with Gasteiger partial charge in [-0.2, -0.15) is 0 Å². The van der Waals surface area contributed by atoms with Gasteiger partial charge in [-0.3, -0.25) is 0 Å². The molecule has 0 radical (unpaired) electrons. The maximum absolute atomic E-state index is 5.16. The molecule has 0 bridgehead atoms. The highest BCUT2D eigenvalue weighted by Gasteiger charge is 2.10. The Balaban J connectivity index is 2.06. The van der Waals surface area contributed by atoms with Gasteiger partial charge in [0.1, 0.15) is 11.6 Å². The predicted molar refractivity (Wildman–Crippen MR) is 83.1 cm³/mol. The number of hydrogen-bond acceptors (Lipinski definition) is 3. The second-order valence-electron chi connectivity index (χ2n) is 4.80. The van der Waals surface area contributed by atoms with Crippen LogP contribution >= 0.6 is 15.9 Å². The number of rotatable bonds is 7. The monoisotopic (exact) mass is 337 g/mol. The number of alkyl halides is 1. The molecule has 0 unspecified atom stereocenters. The van der Waals surface area contributed by atoms with Gasteiger partial charge in [-0.15, -0.1) is 10.2 Å². The molecule has 2 rings (SSSR count). The van der Waals surface area contributed by atoms with Gasteiger partial charge in [0.15, 0.2) is 0 Å². The highest BCUT2D eigenvalue weighted by molar-refractivity contribution is 9.08. The van der Waals surface area contributed by atoms with Crippen LogP contribution in [0.25, 0.3) is 0 Å². The lowest BCUT2D eigenvalue weighted by Gasteiger charge is -2.09. The van der Waals surface area contributed by atoms with Crippen molar-refractivity contribution in [1.29, 1.82) is 0 Å². The third-order valence-electron chi connectivity index (χ3n) is 3.26. The molecule has 2 aromatic rings. The summed E-state index contributed by atoms with van der Waals surface area (Å²) in [5, 5.41) is 9.25. The average Bonchev–Trinajstić information content (AvgIpc) is 2.85. The lowest BCUT2D eigenvalue weighted by atomic mass is 10.1. The number of nitrogens with zero attached hydrogens (tertiary/aromatic N) is 3. The largest absolute Gasteiger partial charge is 0.383 e. The molecule has 0 spiro atoms. The molecule has 5 heteroatoms. The average molecular weight is 338 g/mol. The Morgan fingerprint density at radius 2 is 2.00 bits per heavy atom. The first kappa shape index (κ1) is 15.2. The van der Waals surface area contributed by atoms with Crippen LogP contribution in [0.2, 0.25) is 0 Å². The van der Waals surface area contributed by atoms with Crippen LogP contribution in [-0.2, 0) is 29.5 Å². The fourth-order valence-corrected chi connectivity index (χ4v) is 2.64. The van der Waals surface area contributed by atoms with Crippen molar-refractivity contribution >= 4 is 15.9 Å². The smallest absolute Gasteiger partial charge is 0.143 e. The quantitative estimate of drug-likeness (QED) is 0.729. The van der Waals surface area contributed by atoms with Crippen molar-refractivity contribution in [1.82, 2.24) is 14.8 Å². The van der Waals surface area contributed by atoms with E-state index in [2.05, 4.69) is 61.9 Å². The summed E-state index contributed by atoms with van der Waals surface area (Å²) < 4.78 is 7.30. The molecule has 108 valence electrons. The number of halogens is 1. The van der Waals surface area contributed by atoms with Crippen molar-refractivity contribution in [2.75, 3.05) is 13.7 Å². The van der Waals surface area contributed by atoms with E-state index in [1.54, 1.807) is 7.11 Å². The topological polar surface area (TPSA) is 39.9 Å². The summed E-state index contributed by atoms with van der Waals surface area (Å²) in [4.78, 5) is 0. The molecular formula is C15H20BrN3O. The zero-order valence-electron chi connectivity index (χ0n) is 12.0. The first-order chi connectivity index (χ1) is 9.74. The van der Waals surface area contributed by atoms with Crippen molar-refractivity contribution in [3.63, 3.8) is 0 Å². The summed E-state index contributed by atoms with van der Waals surface area (Å²) in [6, 6.07) is 8.60. The van der Waals surface area contributed by atoms with E-state index in [1.165, 1.54) is 11.1 Å². The molecule has 1 aromatic carbocycles. The highest BCUT2D eigenvalue weighted by atomic mass is 79.9. The van der Waals surface area contributed by atoms with Crippen LogP contribution in [0.15, 0.2) is 24.3 Å². The molecule has 0 aliphatic rings. The maximum Gasteiger partial charge on any atom is 0.143 e. The van der Waals surface area contributed by atoms with E-state index < -0.39 is 0 Å². The minimum atomic E-state index is 0.676. The summed E-state index contributed by atoms with van der Waals surface area (Å²) in [6.45, 7) is 3.59. The zero-order valence-corrected chi connectivity index (χ0v) is 13.6. The van der Waals surface area contributed by atoms with Crippen molar-refractivity contribution in [2.24, 2.45) is 0 Å². The van der Waals surface area contributed by atoms with E-state index in [0.29, 0.717) is 11.9 Å². The van der Waals surface area contributed by atoms with E-state index >= 15 is 0 Å². The Kier molecular flexibility index (Phi) is 5.73. The molecule has 0 N–H and O–H groups in total. The van der Waals surface area contributed by atoms with Gasteiger partial charge in [-0.1, -0.05) is 45.8 Å². The molecule has 0 saturated carbocycles. The lowest BCUT2D eigenvalue weighted by Crippen LogP contribution is -2.11. The van der Waals surface area contributed by atoms with Gasteiger partial charge in [0.25, 0.3) is 0 Å². The van der Waals surface area contributed by atoms with Gasteiger partial charge in [0.2, 0.25) is 0 Å². The Morgan fingerprint density at radius 1 is 1.20 bits per heavy atom. The van der Waals surface area contributed by atoms with E-state index in [4.69, 9.17) is 4.74 Å². The van der Waals surface area contributed by atoms with Gasteiger partial charge in [0.05, 0.1) is 11.9 Å². The molecular weight excluding hydrogens is 318 g/mol. The lowest BCUT2D eigenvalue weighted by molar-refractivity contribution is 0.185. The van der Waals surface area contributed by atoms with Crippen LogP contribution in [0.5, 0.6) is 0 Å². The molecule has 0 atom stereocenters. The maximum atomic E-state index is 5.16. The second-order valence-corrected chi connectivity index (χ2v) is 5.36. The van der Waals surface area contributed by atoms with E-state index in [-0.39, 0.29) is 0 Å². The minimum Gasteiger partial charge on any atom is -0.383 e. The fraction of sp³-hybridized carbons (Fsp3) is 0.467. The van der Waals surface area contributed by atoms with Crippen molar-refractivity contribution in [3.05, 3.63) is 47.0 Å².